The number of nitrogens with one attached hydrogen (secondary N) is 2. The number of hydrogen-bond acceptors (Lipinski definition) is 5. The van der Waals surface area contributed by atoms with Gasteiger partial charge in [0.2, 0.25) is 0 Å². The van der Waals surface area contributed by atoms with Crippen LogP contribution in [0.5, 0.6) is 0 Å². The average Bonchev–Trinajstić information content (AvgIpc) is 2.37. The molecule has 7 nitrogen and oxygen atoms in total. The molecule has 1 rings (SSSR count). The molecule has 1 aromatic rings. The second-order valence-electron chi connectivity index (χ2n) is 4.44. The SMILES string of the molecule is COC(=O)C(O)C(C)(C)NC(=O)Nc1ccccn1. The van der Waals surface area contributed by atoms with Gasteiger partial charge < -0.3 is 15.2 Å². The van der Waals surface area contributed by atoms with Gasteiger partial charge >= 0.3 is 12.0 Å². The van der Waals surface area contributed by atoms with Crippen LogP contribution in [0.4, 0.5) is 10.6 Å². The summed E-state index contributed by atoms with van der Waals surface area (Å²) >= 11 is 0. The fourth-order valence-electron chi connectivity index (χ4n) is 1.35. The number of aliphatic hydroxyl groups excluding tert-OH is 1. The van der Waals surface area contributed by atoms with Crippen molar-refractivity contribution in [2.45, 2.75) is 25.5 Å². The smallest absolute Gasteiger partial charge is 0.337 e. The molecular formula is C12H17N3O4. The molecule has 7 heteroatoms. The van der Waals surface area contributed by atoms with Gasteiger partial charge in [0, 0.05) is 6.20 Å². The summed E-state index contributed by atoms with van der Waals surface area (Å²) in [6.07, 6.45) is 0.0660. The molecule has 0 aliphatic rings. The first-order chi connectivity index (χ1) is 8.86. The predicted molar refractivity (Wildman–Crippen MR) is 68.5 cm³/mol. The Kier molecular flexibility index (Phi) is 4.82. The zero-order chi connectivity index (χ0) is 14.5. The van der Waals surface area contributed by atoms with E-state index in [0.717, 1.165) is 7.11 Å². The van der Waals surface area contributed by atoms with E-state index in [1.807, 2.05) is 0 Å². The number of nitrogens with zero attached hydrogens (tertiary/aromatic N) is 1. The highest BCUT2D eigenvalue weighted by Gasteiger charge is 2.35. The summed E-state index contributed by atoms with van der Waals surface area (Å²) in [5.74, 6) is -0.452. The Morgan fingerprint density at radius 1 is 1.42 bits per heavy atom. The molecule has 1 aromatic heterocycles. The Hall–Kier alpha value is -2.15. The number of ether oxygens (including phenoxy) is 1. The Bertz CT molecular complexity index is 448. The third kappa shape index (κ3) is 4.22. The highest BCUT2D eigenvalue weighted by Crippen LogP contribution is 2.11. The summed E-state index contributed by atoms with van der Waals surface area (Å²) in [6, 6.07) is 4.47. The van der Waals surface area contributed by atoms with Crippen molar-refractivity contribution in [3.63, 3.8) is 0 Å². The highest BCUT2D eigenvalue weighted by molar-refractivity contribution is 5.89. The topological polar surface area (TPSA) is 101 Å². The van der Waals surface area contributed by atoms with Crippen LogP contribution in [0.2, 0.25) is 0 Å². The molecule has 1 atom stereocenters. The first-order valence-corrected chi connectivity index (χ1v) is 5.63. The van der Waals surface area contributed by atoms with Crippen molar-refractivity contribution < 1.29 is 19.4 Å². The summed E-state index contributed by atoms with van der Waals surface area (Å²) in [4.78, 5) is 26.9. The minimum absolute atomic E-state index is 0.364. The fraction of sp³-hybridized carbons (Fsp3) is 0.417. The van der Waals surface area contributed by atoms with Gasteiger partial charge in [-0.15, -0.1) is 0 Å². The van der Waals surface area contributed by atoms with E-state index >= 15 is 0 Å². The van der Waals surface area contributed by atoms with Crippen molar-refractivity contribution in [2.24, 2.45) is 0 Å². The van der Waals surface area contributed by atoms with E-state index in [1.165, 1.54) is 20.0 Å². The Labute approximate surface area is 111 Å². The monoisotopic (exact) mass is 267 g/mol. The number of rotatable bonds is 4. The largest absolute Gasteiger partial charge is 0.467 e. The molecule has 0 bridgehead atoms. The lowest BCUT2D eigenvalue weighted by Gasteiger charge is -2.29. The molecule has 0 radical (unpaired) electrons. The van der Waals surface area contributed by atoms with E-state index in [0.29, 0.717) is 5.82 Å². The second kappa shape index (κ2) is 6.14. The van der Waals surface area contributed by atoms with Crippen molar-refractivity contribution in [3.05, 3.63) is 24.4 Å². The molecular weight excluding hydrogens is 250 g/mol. The van der Waals surface area contributed by atoms with Gasteiger partial charge in [-0.05, 0) is 26.0 Å². The molecule has 0 aromatic carbocycles. The van der Waals surface area contributed by atoms with Gasteiger partial charge in [-0.25, -0.2) is 14.6 Å². The van der Waals surface area contributed by atoms with Gasteiger partial charge in [-0.2, -0.15) is 0 Å². The molecule has 0 saturated heterocycles. The van der Waals surface area contributed by atoms with Crippen molar-refractivity contribution in [2.75, 3.05) is 12.4 Å². The lowest BCUT2D eigenvalue weighted by atomic mass is 9.97. The number of amides is 2. The first-order valence-electron chi connectivity index (χ1n) is 5.63. The third-order valence-corrected chi connectivity index (χ3v) is 2.45. The van der Waals surface area contributed by atoms with E-state index in [-0.39, 0.29) is 0 Å². The molecule has 19 heavy (non-hydrogen) atoms. The number of carbonyl (C=O) groups excluding carboxylic acids is 2. The summed E-state index contributed by atoms with van der Waals surface area (Å²) in [6.45, 7) is 3.01. The van der Waals surface area contributed by atoms with Gasteiger partial charge in [0.15, 0.2) is 6.10 Å². The normalized spacial score (nSPS) is 12.4. The van der Waals surface area contributed by atoms with Gasteiger partial charge in [0.25, 0.3) is 0 Å². The van der Waals surface area contributed by atoms with Gasteiger partial charge in [0.05, 0.1) is 12.6 Å². The van der Waals surface area contributed by atoms with E-state index in [4.69, 9.17) is 0 Å². The molecule has 0 saturated carbocycles. The van der Waals surface area contributed by atoms with Crippen molar-refractivity contribution in [1.82, 2.24) is 10.3 Å². The molecule has 1 heterocycles. The maximum Gasteiger partial charge on any atom is 0.337 e. The van der Waals surface area contributed by atoms with Crippen LogP contribution in [0.3, 0.4) is 0 Å². The summed E-state index contributed by atoms with van der Waals surface area (Å²) < 4.78 is 4.43. The van der Waals surface area contributed by atoms with E-state index in [2.05, 4.69) is 20.4 Å². The van der Waals surface area contributed by atoms with E-state index < -0.39 is 23.6 Å². The maximum absolute atomic E-state index is 11.7. The number of aliphatic hydroxyl groups is 1. The fourth-order valence-corrected chi connectivity index (χ4v) is 1.35. The van der Waals surface area contributed by atoms with Gasteiger partial charge in [0.1, 0.15) is 5.82 Å². The zero-order valence-corrected chi connectivity index (χ0v) is 11.0. The zero-order valence-electron chi connectivity index (χ0n) is 11.0. The molecule has 0 aliphatic heterocycles. The lowest BCUT2D eigenvalue weighted by molar-refractivity contribution is -0.154. The minimum atomic E-state index is -1.47. The minimum Gasteiger partial charge on any atom is -0.467 e. The van der Waals surface area contributed by atoms with E-state index in [9.17, 15) is 14.7 Å². The van der Waals surface area contributed by atoms with Gasteiger partial charge in [-0.3, -0.25) is 5.32 Å². The molecule has 0 aliphatic carbocycles. The van der Waals surface area contributed by atoms with Crippen LogP contribution in [0, 0.1) is 0 Å². The number of hydrogen-bond donors (Lipinski definition) is 3. The van der Waals surface area contributed by atoms with Crippen LogP contribution < -0.4 is 10.6 Å². The van der Waals surface area contributed by atoms with Gasteiger partial charge in [-0.1, -0.05) is 6.07 Å². The quantitative estimate of drug-likeness (QED) is 0.690. The average molecular weight is 267 g/mol. The molecule has 104 valence electrons. The second-order valence-corrected chi connectivity index (χ2v) is 4.44. The Morgan fingerprint density at radius 2 is 2.11 bits per heavy atom. The standard InChI is InChI=1S/C12H17N3O4/c1-12(2,9(16)10(17)19-3)15-11(18)14-8-6-4-5-7-13-8/h4-7,9,16H,1-3H3,(H2,13,14,15,18). The number of esters is 1. The number of methoxy groups -OCH3 is 1. The summed E-state index contributed by atoms with van der Waals surface area (Å²) in [5, 5.41) is 14.7. The van der Waals surface area contributed by atoms with Crippen LogP contribution in [0.1, 0.15) is 13.8 Å². The van der Waals surface area contributed by atoms with Crippen LogP contribution in [-0.4, -0.2) is 40.8 Å². The number of urea groups is 1. The van der Waals surface area contributed by atoms with Crippen molar-refractivity contribution >= 4 is 17.8 Å². The summed E-state index contributed by atoms with van der Waals surface area (Å²) in [7, 11) is 1.16. The van der Waals surface area contributed by atoms with Crippen LogP contribution in [0.25, 0.3) is 0 Å². The Morgan fingerprint density at radius 3 is 2.63 bits per heavy atom. The molecule has 1 unspecified atom stereocenters. The molecule has 3 N–H and O–H groups in total. The third-order valence-electron chi connectivity index (χ3n) is 2.45. The number of aromatic nitrogens is 1. The molecule has 0 fully saturated rings. The number of pyridine rings is 1. The number of carbonyl (C=O) groups is 2. The van der Waals surface area contributed by atoms with E-state index in [1.54, 1.807) is 18.2 Å². The molecule has 0 spiro atoms. The van der Waals surface area contributed by atoms with Crippen molar-refractivity contribution in [3.8, 4) is 0 Å². The van der Waals surface area contributed by atoms with Crippen LogP contribution in [0.15, 0.2) is 24.4 Å². The first kappa shape index (κ1) is 14.9. The van der Waals surface area contributed by atoms with Crippen LogP contribution >= 0.6 is 0 Å². The number of anilines is 1. The summed E-state index contributed by atoms with van der Waals surface area (Å²) in [5.41, 5.74) is -1.17. The maximum atomic E-state index is 11.7. The highest BCUT2D eigenvalue weighted by atomic mass is 16.5. The van der Waals surface area contributed by atoms with Crippen molar-refractivity contribution in [1.29, 1.82) is 0 Å². The predicted octanol–water partition coefficient (Wildman–Crippen LogP) is 0.516. The van der Waals surface area contributed by atoms with Crippen LogP contribution in [-0.2, 0) is 9.53 Å². The lowest BCUT2D eigenvalue weighted by Crippen LogP contribution is -2.56. The molecule has 2 amide bonds. The Balaban J connectivity index is 2.63.